The van der Waals surface area contributed by atoms with E-state index in [1.165, 1.54) is 38.5 Å². The third-order valence-corrected chi connectivity index (χ3v) is 7.52. The molecule has 0 bridgehead atoms. The van der Waals surface area contributed by atoms with Crippen molar-refractivity contribution in [3.05, 3.63) is 42.5 Å². The number of hydrogen-bond acceptors (Lipinski definition) is 5. The van der Waals surface area contributed by atoms with Gasteiger partial charge >= 0.3 is 0 Å². The SMILES string of the molecule is O=C(CC1CCCCC1)NCCCCCCNc1ccc(-c2nc3ccc(O)cc3s2)cc1. The van der Waals surface area contributed by atoms with Crippen LogP contribution < -0.4 is 10.6 Å². The lowest BCUT2D eigenvalue weighted by Gasteiger charge is -2.20. The minimum Gasteiger partial charge on any atom is -0.508 e. The van der Waals surface area contributed by atoms with Crippen molar-refractivity contribution in [2.75, 3.05) is 18.4 Å². The zero-order chi connectivity index (χ0) is 22.9. The third kappa shape index (κ3) is 7.19. The second kappa shape index (κ2) is 12.0. The Morgan fingerprint density at radius 1 is 0.970 bits per heavy atom. The molecule has 1 fully saturated rings. The quantitative estimate of drug-likeness (QED) is 0.275. The first-order valence-electron chi connectivity index (χ1n) is 12.4. The van der Waals surface area contributed by atoms with Gasteiger partial charge < -0.3 is 15.7 Å². The van der Waals surface area contributed by atoms with Gasteiger partial charge in [0.05, 0.1) is 10.2 Å². The van der Waals surface area contributed by atoms with Gasteiger partial charge in [0.2, 0.25) is 5.91 Å². The van der Waals surface area contributed by atoms with Crippen molar-refractivity contribution in [1.82, 2.24) is 10.3 Å². The molecule has 33 heavy (non-hydrogen) atoms. The van der Waals surface area contributed by atoms with Crippen LogP contribution in [0.15, 0.2) is 42.5 Å². The second-order valence-corrected chi connectivity index (χ2v) is 10.2. The molecular weight excluding hydrogens is 430 g/mol. The van der Waals surface area contributed by atoms with E-state index in [9.17, 15) is 9.90 Å². The first-order valence-corrected chi connectivity index (χ1v) is 13.2. The number of phenolic OH excluding ortho intramolecular Hbond substituents is 1. The Morgan fingerprint density at radius 2 is 1.73 bits per heavy atom. The van der Waals surface area contributed by atoms with Gasteiger partial charge in [-0.2, -0.15) is 0 Å². The molecular formula is C27H35N3O2S. The number of unbranched alkanes of at least 4 members (excludes halogenated alkanes) is 3. The van der Waals surface area contributed by atoms with Gasteiger partial charge in [-0.3, -0.25) is 4.79 Å². The molecule has 3 N–H and O–H groups in total. The minimum absolute atomic E-state index is 0.246. The van der Waals surface area contributed by atoms with Crippen LogP contribution in [0.4, 0.5) is 5.69 Å². The van der Waals surface area contributed by atoms with E-state index < -0.39 is 0 Å². The summed E-state index contributed by atoms with van der Waals surface area (Å²) in [7, 11) is 0. The smallest absolute Gasteiger partial charge is 0.220 e. The summed E-state index contributed by atoms with van der Waals surface area (Å²) in [5.74, 6) is 1.14. The summed E-state index contributed by atoms with van der Waals surface area (Å²) in [6.07, 6.45) is 11.6. The third-order valence-electron chi connectivity index (χ3n) is 6.46. The fourth-order valence-electron chi connectivity index (χ4n) is 4.56. The van der Waals surface area contributed by atoms with Crippen LogP contribution in [-0.2, 0) is 4.79 Å². The molecule has 1 saturated carbocycles. The monoisotopic (exact) mass is 465 g/mol. The number of fused-ring (bicyclic) bond motifs is 1. The summed E-state index contributed by atoms with van der Waals surface area (Å²) in [6, 6.07) is 13.7. The Morgan fingerprint density at radius 3 is 2.52 bits per heavy atom. The van der Waals surface area contributed by atoms with E-state index in [0.29, 0.717) is 5.92 Å². The van der Waals surface area contributed by atoms with Gasteiger partial charge in [0, 0.05) is 30.8 Å². The number of nitrogens with one attached hydrogen (secondary N) is 2. The van der Waals surface area contributed by atoms with E-state index >= 15 is 0 Å². The van der Waals surface area contributed by atoms with Crippen LogP contribution in [0, 0.1) is 5.92 Å². The van der Waals surface area contributed by atoms with Gasteiger partial charge in [-0.25, -0.2) is 4.98 Å². The number of benzene rings is 2. The first-order chi connectivity index (χ1) is 16.2. The molecule has 1 aromatic heterocycles. The van der Waals surface area contributed by atoms with Crippen LogP contribution in [0.25, 0.3) is 20.8 Å². The lowest BCUT2D eigenvalue weighted by molar-refractivity contribution is -0.122. The predicted molar refractivity (Wildman–Crippen MR) is 138 cm³/mol. The number of aromatic hydroxyl groups is 1. The van der Waals surface area contributed by atoms with E-state index in [0.717, 1.165) is 65.2 Å². The van der Waals surface area contributed by atoms with Crippen molar-refractivity contribution in [1.29, 1.82) is 0 Å². The molecule has 1 heterocycles. The average Bonchev–Trinajstić information content (AvgIpc) is 3.25. The van der Waals surface area contributed by atoms with E-state index in [2.05, 4.69) is 39.9 Å². The summed E-state index contributed by atoms with van der Waals surface area (Å²) in [5, 5.41) is 17.2. The van der Waals surface area contributed by atoms with Gasteiger partial charge in [0.1, 0.15) is 10.8 Å². The maximum Gasteiger partial charge on any atom is 0.220 e. The number of rotatable bonds is 11. The Kier molecular flexibility index (Phi) is 8.59. The Labute approximate surface area is 200 Å². The zero-order valence-corrected chi connectivity index (χ0v) is 20.1. The van der Waals surface area contributed by atoms with Crippen LogP contribution in [0.1, 0.15) is 64.2 Å². The highest BCUT2D eigenvalue weighted by Crippen LogP contribution is 2.32. The zero-order valence-electron chi connectivity index (χ0n) is 19.3. The van der Waals surface area contributed by atoms with Crippen molar-refractivity contribution in [2.45, 2.75) is 64.2 Å². The number of aromatic nitrogens is 1. The van der Waals surface area contributed by atoms with Crippen molar-refractivity contribution in [3.63, 3.8) is 0 Å². The van der Waals surface area contributed by atoms with E-state index in [1.54, 1.807) is 23.5 Å². The Balaban J connectivity index is 1.08. The molecule has 176 valence electrons. The molecule has 4 rings (SSSR count). The summed E-state index contributed by atoms with van der Waals surface area (Å²) >= 11 is 1.59. The highest BCUT2D eigenvalue weighted by atomic mass is 32.1. The van der Waals surface area contributed by atoms with Crippen molar-refractivity contribution < 1.29 is 9.90 Å². The highest BCUT2D eigenvalue weighted by Gasteiger charge is 2.16. The fourth-order valence-corrected chi connectivity index (χ4v) is 5.56. The summed E-state index contributed by atoms with van der Waals surface area (Å²) < 4.78 is 0.996. The average molecular weight is 466 g/mol. The molecule has 0 unspecified atom stereocenters. The molecule has 5 nitrogen and oxygen atoms in total. The molecule has 6 heteroatoms. The first kappa shape index (κ1) is 23.6. The highest BCUT2D eigenvalue weighted by molar-refractivity contribution is 7.21. The molecule has 1 aliphatic rings. The molecule has 0 spiro atoms. The predicted octanol–water partition coefficient (Wildman–Crippen LogP) is 6.73. The van der Waals surface area contributed by atoms with E-state index in [1.807, 2.05) is 6.07 Å². The van der Waals surface area contributed by atoms with Gasteiger partial charge in [-0.05, 0) is 74.1 Å². The summed E-state index contributed by atoms with van der Waals surface area (Å²) in [5.41, 5.74) is 3.12. The van der Waals surface area contributed by atoms with Crippen molar-refractivity contribution >= 4 is 33.1 Å². The molecule has 0 radical (unpaired) electrons. The van der Waals surface area contributed by atoms with Gasteiger partial charge in [-0.15, -0.1) is 11.3 Å². The second-order valence-electron chi connectivity index (χ2n) is 9.15. The molecule has 0 aliphatic heterocycles. The Hall–Kier alpha value is -2.60. The van der Waals surface area contributed by atoms with E-state index in [4.69, 9.17) is 0 Å². The van der Waals surface area contributed by atoms with Crippen LogP contribution in [0.2, 0.25) is 0 Å². The molecule has 3 aromatic rings. The fraction of sp³-hybridized carbons (Fsp3) is 0.481. The molecule has 0 atom stereocenters. The molecule has 1 amide bonds. The number of thiazole rings is 1. The molecule has 1 aliphatic carbocycles. The number of hydrogen-bond donors (Lipinski definition) is 3. The van der Waals surface area contributed by atoms with Gasteiger partial charge in [-0.1, -0.05) is 32.1 Å². The number of carbonyl (C=O) groups excluding carboxylic acids is 1. The number of nitrogens with zero attached hydrogens (tertiary/aromatic N) is 1. The standard InChI is InChI=1S/C27H35N3O2S/c31-23-14-15-24-25(19-23)33-27(30-24)21-10-12-22(13-11-21)28-16-6-1-2-7-17-29-26(32)18-20-8-4-3-5-9-20/h10-15,19-20,28,31H,1-9,16-18H2,(H,29,32). The van der Waals surface area contributed by atoms with Crippen LogP contribution >= 0.6 is 11.3 Å². The van der Waals surface area contributed by atoms with Crippen molar-refractivity contribution in [3.8, 4) is 16.3 Å². The summed E-state index contributed by atoms with van der Waals surface area (Å²) in [6.45, 7) is 1.76. The molecule has 2 aromatic carbocycles. The molecule has 0 saturated heterocycles. The summed E-state index contributed by atoms with van der Waals surface area (Å²) in [4.78, 5) is 16.7. The van der Waals surface area contributed by atoms with Gasteiger partial charge in [0.15, 0.2) is 0 Å². The number of phenols is 1. The lowest BCUT2D eigenvalue weighted by atomic mass is 9.87. The largest absolute Gasteiger partial charge is 0.508 e. The van der Waals surface area contributed by atoms with Crippen LogP contribution in [-0.4, -0.2) is 29.1 Å². The maximum atomic E-state index is 12.0. The number of carbonyl (C=O) groups is 1. The van der Waals surface area contributed by atoms with Crippen molar-refractivity contribution in [2.24, 2.45) is 5.92 Å². The maximum absolute atomic E-state index is 12.0. The van der Waals surface area contributed by atoms with Gasteiger partial charge in [0.25, 0.3) is 0 Å². The minimum atomic E-state index is 0.246. The number of amides is 1. The van der Waals surface area contributed by atoms with Crippen LogP contribution in [0.5, 0.6) is 5.75 Å². The Bertz CT molecular complexity index is 1030. The van der Waals surface area contributed by atoms with E-state index in [-0.39, 0.29) is 11.7 Å². The normalized spacial score (nSPS) is 14.4. The topological polar surface area (TPSA) is 74.2 Å². The lowest BCUT2D eigenvalue weighted by Crippen LogP contribution is -2.27. The number of anilines is 1. The van der Waals surface area contributed by atoms with Crippen LogP contribution in [0.3, 0.4) is 0 Å².